The molecule has 0 aliphatic heterocycles. The van der Waals surface area contributed by atoms with Gasteiger partial charge in [-0.05, 0) is 74.3 Å². The molecule has 14 heteroatoms. The predicted octanol–water partition coefficient (Wildman–Crippen LogP) is 9.30. The van der Waals surface area contributed by atoms with E-state index in [0.29, 0.717) is 36.5 Å². The van der Waals surface area contributed by atoms with Gasteiger partial charge in [0.1, 0.15) is 11.1 Å². The highest BCUT2D eigenvalue weighted by atomic mass is 35.5. The maximum atomic E-state index is 13.0. The van der Waals surface area contributed by atoms with Crippen molar-refractivity contribution in [2.45, 2.75) is 52.4 Å². The number of benzene rings is 2. The summed E-state index contributed by atoms with van der Waals surface area (Å²) in [5.41, 5.74) is -0.907. The third kappa shape index (κ3) is 8.25. The zero-order valence-corrected chi connectivity index (χ0v) is 28.2. The standard InChI is InChI=1S/C30H28Cl6O8/c1-13-7-15(8-13)3-5-41-27(37)21-23(35)17(31)11-19(33)25(21)43-29(39)30(40)44-26-20(34)12-18(32)24(36)22(26)28(38)42-6-4-16-9-14(2)10-16/h11-16H,3-10H2,1-2H3. The summed E-state index contributed by atoms with van der Waals surface area (Å²) in [7, 11) is 0. The van der Waals surface area contributed by atoms with E-state index in [4.69, 9.17) is 88.6 Å². The Morgan fingerprint density at radius 1 is 0.614 bits per heavy atom. The molecule has 2 fully saturated rings. The van der Waals surface area contributed by atoms with Crippen LogP contribution in [0.15, 0.2) is 12.1 Å². The normalized spacial score (nSPS) is 20.6. The number of carbonyl (C=O) groups excluding carboxylic acids is 4. The van der Waals surface area contributed by atoms with Crippen LogP contribution < -0.4 is 9.47 Å². The maximum absolute atomic E-state index is 13.0. The van der Waals surface area contributed by atoms with Crippen LogP contribution in [0.3, 0.4) is 0 Å². The fourth-order valence-corrected chi connectivity index (χ4v) is 6.82. The molecule has 0 aromatic heterocycles. The molecule has 0 bridgehead atoms. The van der Waals surface area contributed by atoms with E-state index in [2.05, 4.69) is 13.8 Å². The molecule has 0 atom stereocenters. The Hall–Kier alpha value is -1.94. The van der Waals surface area contributed by atoms with Gasteiger partial charge >= 0.3 is 23.9 Å². The molecule has 0 spiro atoms. The Bertz CT molecular complexity index is 1360. The molecule has 0 N–H and O–H groups in total. The lowest BCUT2D eigenvalue weighted by molar-refractivity contribution is -0.156. The van der Waals surface area contributed by atoms with Crippen molar-refractivity contribution in [1.29, 1.82) is 0 Å². The number of rotatable bonds is 10. The van der Waals surface area contributed by atoms with Crippen molar-refractivity contribution in [3.8, 4) is 11.5 Å². The van der Waals surface area contributed by atoms with Gasteiger partial charge in [-0.25, -0.2) is 19.2 Å². The SMILES string of the molecule is CC1CC(CCOC(=O)c2c(Cl)c(Cl)cc(Cl)c2OC(=O)C(=O)Oc2c(Cl)cc(Cl)c(Cl)c2C(=O)OCCC2CC(C)C2)C1. The van der Waals surface area contributed by atoms with Crippen molar-refractivity contribution in [2.24, 2.45) is 23.7 Å². The fraction of sp³-hybridized carbons (Fsp3) is 0.467. The smallest absolute Gasteiger partial charge is 0.423 e. The molecular formula is C30H28Cl6O8. The van der Waals surface area contributed by atoms with Gasteiger partial charge in [0.25, 0.3) is 0 Å². The summed E-state index contributed by atoms with van der Waals surface area (Å²) in [5, 5.41) is -1.45. The van der Waals surface area contributed by atoms with Crippen LogP contribution in [0.2, 0.25) is 30.1 Å². The number of hydrogen-bond donors (Lipinski definition) is 0. The molecule has 0 unspecified atom stereocenters. The highest BCUT2D eigenvalue weighted by Gasteiger charge is 2.33. The molecule has 2 aromatic carbocycles. The number of esters is 4. The van der Waals surface area contributed by atoms with Gasteiger partial charge in [-0.3, -0.25) is 0 Å². The van der Waals surface area contributed by atoms with Crippen LogP contribution in [0.5, 0.6) is 11.5 Å². The molecule has 2 saturated carbocycles. The summed E-state index contributed by atoms with van der Waals surface area (Å²) in [6.45, 7) is 4.45. The lowest BCUT2D eigenvalue weighted by atomic mass is 9.75. The molecular weight excluding hydrogens is 701 g/mol. The van der Waals surface area contributed by atoms with Crippen molar-refractivity contribution in [2.75, 3.05) is 13.2 Å². The fourth-order valence-electron chi connectivity index (χ4n) is 5.38. The lowest BCUT2D eigenvalue weighted by Gasteiger charge is -2.32. The number of hydrogen-bond acceptors (Lipinski definition) is 8. The van der Waals surface area contributed by atoms with E-state index in [-0.39, 0.29) is 43.3 Å². The van der Waals surface area contributed by atoms with Crippen molar-refractivity contribution < 1.29 is 38.1 Å². The minimum Gasteiger partial charge on any atom is -0.462 e. The van der Waals surface area contributed by atoms with Gasteiger partial charge in [-0.15, -0.1) is 0 Å². The molecule has 44 heavy (non-hydrogen) atoms. The van der Waals surface area contributed by atoms with E-state index >= 15 is 0 Å². The van der Waals surface area contributed by atoms with Crippen LogP contribution in [0.4, 0.5) is 0 Å². The summed E-state index contributed by atoms with van der Waals surface area (Å²) in [5.74, 6) is -4.21. The average molecular weight is 729 g/mol. The second-order valence-corrected chi connectivity index (χ2v) is 13.6. The van der Waals surface area contributed by atoms with Crippen LogP contribution in [-0.4, -0.2) is 37.1 Å². The Balaban J connectivity index is 1.49. The second-order valence-electron chi connectivity index (χ2n) is 11.2. The van der Waals surface area contributed by atoms with Crippen LogP contribution in [0.25, 0.3) is 0 Å². The second kappa shape index (κ2) is 15.1. The van der Waals surface area contributed by atoms with Gasteiger partial charge in [0.05, 0.1) is 43.3 Å². The van der Waals surface area contributed by atoms with Crippen LogP contribution >= 0.6 is 69.6 Å². The molecule has 2 aromatic rings. The molecule has 0 saturated heterocycles. The first-order valence-corrected chi connectivity index (χ1v) is 16.2. The number of carbonyl (C=O) groups is 4. The van der Waals surface area contributed by atoms with Gasteiger partial charge in [-0.2, -0.15) is 0 Å². The lowest BCUT2D eigenvalue weighted by Crippen LogP contribution is -2.28. The number of ether oxygens (including phenoxy) is 4. The Morgan fingerprint density at radius 2 is 0.955 bits per heavy atom. The van der Waals surface area contributed by atoms with Crippen molar-refractivity contribution >= 4 is 93.5 Å². The summed E-state index contributed by atoms with van der Waals surface area (Å²) >= 11 is 37.1. The molecule has 2 aliphatic rings. The molecule has 0 heterocycles. The molecule has 2 aliphatic carbocycles. The van der Waals surface area contributed by atoms with E-state index < -0.39 is 46.5 Å². The molecule has 0 radical (unpaired) electrons. The third-order valence-electron chi connectivity index (χ3n) is 7.68. The van der Waals surface area contributed by atoms with Crippen LogP contribution in [0.1, 0.15) is 73.1 Å². The van der Waals surface area contributed by atoms with Crippen LogP contribution in [0, 0.1) is 23.7 Å². The first-order valence-electron chi connectivity index (χ1n) is 13.9. The van der Waals surface area contributed by atoms with Crippen molar-refractivity contribution in [1.82, 2.24) is 0 Å². The van der Waals surface area contributed by atoms with E-state index in [9.17, 15) is 19.2 Å². The topological polar surface area (TPSA) is 105 Å². The monoisotopic (exact) mass is 726 g/mol. The minimum atomic E-state index is -1.64. The summed E-state index contributed by atoms with van der Waals surface area (Å²) < 4.78 is 21.0. The predicted molar refractivity (Wildman–Crippen MR) is 168 cm³/mol. The van der Waals surface area contributed by atoms with Crippen LogP contribution in [-0.2, 0) is 19.1 Å². The van der Waals surface area contributed by atoms with E-state index in [1.54, 1.807) is 0 Å². The van der Waals surface area contributed by atoms with E-state index in [1.807, 2.05) is 0 Å². The largest absolute Gasteiger partial charge is 0.462 e. The van der Waals surface area contributed by atoms with Gasteiger partial charge < -0.3 is 18.9 Å². The van der Waals surface area contributed by atoms with E-state index in [1.165, 1.54) is 0 Å². The number of halogens is 6. The van der Waals surface area contributed by atoms with Crippen molar-refractivity contribution in [3.63, 3.8) is 0 Å². The first-order chi connectivity index (χ1) is 20.8. The van der Waals surface area contributed by atoms with E-state index in [0.717, 1.165) is 37.8 Å². The quantitative estimate of drug-likeness (QED) is 0.103. The Morgan fingerprint density at radius 3 is 1.27 bits per heavy atom. The Labute approximate surface area is 284 Å². The van der Waals surface area contributed by atoms with Gasteiger partial charge in [0.2, 0.25) is 0 Å². The highest BCUT2D eigenvalue weighted by molar-refractivity contribution is 6.47. The molecule has 238 valence electrons. The summed E-state index contributed by atoms with van der Waals surface area (Å²) in [4.78, 5) is 51.7. The molecule has 8 nitrogen and oxygen atoms in total. The highest BCUT2D eigenvalue weighted by Crippen LogP contribution is 2.42. The summed E-state index contributed by atoms with van der Waals surface area (Å²) in [6, 6.07) is 2.25. The zero-order chi connectivity index (χ0) is 32.3. The average Bonchev–Trinajstić information content (AvgIpc) is 2.92. The zero-order valence-electron chi connectivity index (χ0n) is 23.7. The first kappa shape index (κ1) is 34.9. The van der Waals surface area contributed by atoms with Crippen molar-refractivity contribution in [3.05, 3.63) is 53.4 Å². The Kier molecular flexibility index (Phi) is 12.0. The third-order valence-corrected chi connectivity index (χ3v) is 9.82. The molecule has 0 amide bonds. The van der Waals surface area contributed by atoms with Gasteiger partial charge in [0, 0.05) is 0 Å². The molecule has 4 rings (SSSR count). The summed E-state index contributed by atoms with van der Waals surface area (Å²) in [6.07, 6.45) is 5.42. The maximum Gasteiger partial charge on any atom is 0.423 e. The minimum absolute atomic E-state index is 0.0839. The van der Waals surface area contributed by atoms with Gasteiger partial charge in [-0.1, -0.05) is 83.5 Å². The van der Waals surface area contributed by atoms with Gasteiger partial charge in [0.15, 0.2) is 11.5 Å².